The van der Waals surface area contributed by atoms with Crippen molar-refractivity contribution in [1.82, 2.24) is 19.9 Å². The predicted molar refractivity (Wildman–Crippen MR) is 110 cm³/mol. The number of carbonyl (C=O) groups is 2. The first-order valence-corrected chi connectivity index (χ1v) is 10.4. The van der Waals surface area contributed by atoms with Crippen molar-refractivity contribution in [1.29, 1.82) is 0 Å². The molecule has 2 aromatic rings. The summed E-state index contributed by atoms with van der Waals surface area (Å²) in [6.07, 6.45) is 4.91. The Kier molecular flexibility index (Phi) is 5.57. The van der Waals surface area contributed by atoms with Crippen LogP contribution in [0.3, 0.4) is 0 Å². The monoisotopic (exact) mass is 449 g/mol. The highest BCUT2D eigenvalue weighted by molar-refractivity contribution is 6.29. The minimum absolute atomic E-state index is 0.0977. The summed E-state index contributed by atoms with van der Waals surface area (Å²) >= 11 is 5.65. The molecule has 4 rings (SSSR count). The third-order valence-electron chi connectivity index (χ3n) is 5.66. The molecule has 0 spiro atoms. The molecule has 0 bridgehead atoms. The number of hydrogen-bond donors (Lipinski definition) is 2. The van der Waals surface area contributed by atoms with Gasteiger partial charge < -0.3 is 15.3 Å². The highest BCUT2D eigenvalue weighted by Crippen LogP contribution is 2.29. The Hall–Kier alpha value is -3.14. The fourth-order valence-electron chi connectivity index (χ4n) is 4.11. The van der Waals surface area contributed by atoms with Crippen molar-refractivity contribution in [2.45, 2.75) is 38.9 Å². The number of amides is 2. The Morgan fingerprint density at radius 2 is 2.16 bits per heavy atom. The van der Waals surface area contributed by atoms with E-state index >= 15 is 0 Å². The highest BCUT2D eigenvalue weighted by atomic mass is 35.5. The van der Waals surface area contributed by atoms with Crippen LogP contribution in [0.4, 0.5) is 4.39 Å². The molecule has 4 heterocycles. The molecule has 1 atom stereocenters. The summed E-state index contributed by atoms with van der Waals surface area (Å²) in [5.41, 5.74) is -1.37. The molecule has 31 heavy (non-hydrogen) atoms. The Morgan fingerprint density at radius 3 is 2.90 bits per heavy atom. The van der Waals surface area contributed by atoms with Crippen LogP contribution in [0, 0.1) is 5.82 Å². The molecular formula is C20H21ClFN5O4. The Bertz CT molecular complexity index is 1120. The van der Waals surface area contributed by atoms with Crippen molar-refractivity contribution in [3.05, 3.63) is 56.5 Å². The molecule has 0 radical (unpaired) electrons. The molecule has 1 fully saturated rings. The summed E-state index contributed by atoms with van der Waals surface area (Å²) in [4.78, 5) is 43.6. The van der Waals surface area contributed by atoms with Crippen LogP contribution >= 0.6 is 11.6 Å². The van der Waals surface area contributed by atoms with E-state index in [0.29, 0.717) is 13.1 Å². The number of fused-ring (bicyclic) bond motifs is 3. The Morgan fingerprint density at radius 1 is 1.39 bits per heavy atom. The van der Waals surface area contributed by atoms with Gasteiger partial charge in [0.05, 0.1) is 0 Å². The van der Waals surface area contributed by atoms with Crippen molar-refractivity contribution in [2.24, 2.45) is 0 Å². The molecule has 2 amide bonds. The number of rotatable bonds is 4. The maximum absolute atomic E-state index is 14.0. The minimum Gasteiger partial charge on any atom is -0.502 e. The van der Waals surface area contributed by atoms with E-state index in [9.17, 15) is 23.9 Å². The van der Waals surface area contributed by atoms with Gasteiger partial charge in [0.2, 0.25) is 5.43 Å². The van der Waals surface area contributed by atoms with E-state index in [1.165, 1.54) is 23.1 Å². The zero-order chi connectivity index (χ0) is 22.3. The number of aromatic nitrogens is 2. The number of hydrogen-bond acceptors (Lipinski definition) is 6. The second-order valence-corrected chi connectivity index (χ2v) is 7.76. The zero-order valence-electron chi connectivity index (χ0n) is 16.8. The number of nitrogens with one attached hydrogen (secondary N) is 1. The van der Waals surface area contributed by atoms with Gasteiger partial charge in [-0.15, -0.1) is 0 Å². The minimum atomic E-state index is -0.961. The Balaban J connectivity index is 1.70. The SMILES string of the molecule is CCN1C(=O)c2c(O)c(=O)c(C(=O)NCc3ccnc(Cl)c3F)cn2N2CCCC[C@@H]12. The summed E-state index contributed by atoms with van der Waals surface area (Å²) in [7, 11) is 0. The van der Waals surface area contributed by atoms with Gasteiger partial charge in [0, 0.05) is 37.6 Å². The average molecular weight is 450 g/mol. The third kappa shape index (κ3) is 3.50. The lowest BCUT2D eigenvalue weighted by atomic mass is 10.1. The molecule has 2 aliphatic heterocycles. The van der Waals surface area contributed by atoms with Crippen molar-refractivity contribution < 1.29 is 19.1 Å². The molecule has 11 heteroatoms. The van der Waals surface area contributed by atoms with Gasteiger partial charge in [-0.2, -0.15) is 0 Å². The van der Waals surface area contributed by atoms with E-state index in [4.69, 9.17) is 11.6 Å². The van der Waals surface area contributed by atoms with E-state index in [1.54, 1.807) is 4.90 Å². The molecule has 0 saturated carbocycles. The maximum atomic E-state index is 14.0. The number of halogens is 2. The molecule has 2 aromatic heterocycles. The molecule has 1 saturated heterocycles. The molecule has 2 aliphatic rings. The van der Waals surface area contributed by atoms with Crippen LogP contribution in [0.1, 0.15) is 52.6 Å². The van der Waals surface area contributed by atoms with E-state index < -0.39 is 28.8 Å². The lowest BCUT2D eigenvalue weighted by Crippen LogP contribution is -2.63. The molecule has 0 unspecified atom stereocenters. The van der Waals surface area contributed by atoms with Gasteiger partial charge in [-0.05, 0) is 32.3 Å². The first kappa shape index (κ1) is 21.1. The van der Waals surface area contributed by atoms with Crippen LogP contribution in [0.25, 0.3) is 0 Å². The number of carbonyl (C=O) groups excluding carboxylic acids is 2. The first-order valence-electron chi connectivity index (χ1n) is 9.98. The number of aromatic hydroxyl groups is 1. The smallest absolute Gasteiger partial charge is 0.278 e. The lowest BCUT2D eigenvalue weighted by Gasteiger charge is -2.48. The van der Waals surface area contributed by atoms with Crippen LogP contribution in [-0.2, 0) is 6.54 Å². The third-order valence-corrected chi connectivity index (χ3v) is 5.92. The van der Waals surface area contributed by atoms with E-state index in [0.717, 1.165) is 19.3 Å². The topological polar surface area (TPSA) is 108 Å². The van der Waals surface area contributed by atoms with Crippen LogP contribution in [-0.4, -0.2) is 50.7 Å². The van der Waals surface area contributed by atoms with Gasteiger partial charge in [0.1, 0.15) is 11.7 Å². The summed E-state index contributed by atoms with van der Waals surface area (Å²) in [6, 6.07) is 1.36. The molecule has 2 N–H and O–H groups in total. The number of piperidine rings is 1. The normalized spacial score (nSPS) is 17.9. The highest BCUT2D eigenvalue weighted by Gasteiger charge is 2.40. The predicted octanol–water partition coefficient (Wildman–Crippen LogP) is 1.60. The maximum Gasteiger partial charge on any atom is 0.278 e. The quantitative estimate of drug-likeness (QED) is 0.686. The zero-order valence-corrected chi connectivity index (χ0v) is 17.5. The number of pyridine rings is 2. The largest absolute Gasteiger partial charge is 0.502 e. The van der Waals surface area contributed by atoms with Crippen LogP contribution in [0.2, 0.25) is 5.15 Å². The summed E-state index contributed by atoms with van der Waals surface area (Å²) in [6.45, 7) is 2.63. The molecule has 0 aromatic carbocycles. The van der Waals surface area contributed by atoms with Gasteiger partial charge in [-0.25, -0.2) is 9.37 Å². The summed E-state index contributed by atoms with van der Waals surface area (Å²) < 4.78 is 15.4. The molecular weight excluding hydrogens is 429 g/mol. The fourth-order valence-corrected chi connectivity index (χ4v) is 4.29. The molecule has 164 valence electrons. The second-order valence-electron chi connectivity index (χ2n) is 7.40. The van der Waals surface area contributed by atoms with Crippen LogP contribution in [0.15, 0.2) is 23.3 Å². The average Bonchev–Trinajstić information content (AvgIpc) is 2.77. The van der Waals surface area contributed by atoms with Crippen LogP contribution in [0.5, 0.6) is 5.75 Å². The van der Waals surface area contributed by atoms with E-state index in [2.05, 4.69) is 10.3 Å². The lowest BCUT2D eigenvalue weighted by molar-refractivity contribution is 0.0534. The number of nitrogens with zero attached hydrogens (tertiary/aromatic N) is 4. The van der Waals surface area contributed by atoms with Gasteiger partial charge in [0.15, 0.2) is 22.4 Å². The van der Waals surface area contributed by atoms with Crippen molar-refractivity contribution in [3.8, 4) is 5.75 Å². The van der Waals surface area contributed by atoms with E-state index in [1.807, 2.05) is 11.9 Å². The van der Waals surface area contributed by atoms with Gasteiger partial charge in [-0.1, -0.05) is 11.6 Å². The first-order chi connectivity index (χ1) is 14.8. The van der Waals surface area contributed by atoms with Crippen LogP contribution < -0.4 is 15.8 Å². The van der Waals surface area contributed by atoms with Crippen molar-refractivity contribution in [3.63, 3.8) is 0 Å². The summed E-state index contributed by atoms with van der Waals surface area (Å²) in [5, 5.41) is 14.5. The van der Waals surface area contributed by atoms with E-state index in [-0.39, 0.29) is 34.7 Å². The standard InChI is InChI=1S/C20H21ClFN5O4/c1-2-25-13-5-3-4-8-26(13)27-10-12(16(28)17(29)15(27)20(25)31)19(30)24-9-11-6-7-23-18(21)14(11)22/h6-7,10,13,29H,2-5,8-9H2,1H3,(H,24,30)/t13-/m0/s1. The van der Waals surface area contributed by atoms with Gasteiger partial charge >= 0.3 is 0 Å². The summed E-state index contributed by atoms with van der Waals surface area (Å²) in [5.74, 6) is -2.81. The van der Waals surface area contributed by atoms with Gasteiger partial charge in [0.25, 0.3) is 11.8 Å². The molecule has 0 aliphatic carbocycles. The second kappa shape index (κ2) is 8.18. The van der Waals surface area contributed by atoms with Crippen molar-refractivity contribution >= 4 is 23.4 Å². The molecule has 9 nitrogen and oxygen atoms in total. The van der Waals surface area contributed by atoms with Crippen molar-refractivity contribution in [2.75, 3.05) is 18.1 Å². The fraction of sp³-hybridized carbons (Fsp3) is 0.400. The Labute approximate surface area is 182 Å². The van der Waals surface area contributed by atoms with Gasteiger partial charge in [-0.3, -0.25) is 24.1 Å².